The van der Waals surface area contributed by atoms with Crippen molar-refractivity contribution in [2.45, 2.75) is 0 Å². The average Bonchev–Trinajstić information content (AvgIpc) is 2.93. The van der Waals surface area contributed by atoms with Gasteiger partial charge < -0.3 is 9.47 Å². The van der Waals surface area contributed by atoms with E-state index in [9.17, 15) is 9.59 Å². The molecule has 7 nitrogen and oxygen atoms in total. The number of fused-ring (bicyclic) bond motifs is 3. The lowest BCUT2D eigenvalue weighted by Gasteiger charge is -2.01. The molecule has 0 saturated carbocycles. The number of pyridine rings is 2. The third-order valence-corrected chi connectivity index (χ3v) is 3.13. The summed E-state index contributed by atoms with van der Waals surface area (Å²) in [5, 5.41) is 4.99. The molecule has 0 aliphatic carbocycles. The predicted molar refractivity (Wildman–Crippen MR) is 73.2 cm³/mol. The highest BCUT2D eigenvalue weighted by atomic mass is 16.5. The molecule has 7 heteroatoms. The van der Waals surface area contributed by atoms with Crippen LogP contribution in [0, 0.1) is 0 Å². The molecular weight excluding hydrogens is 274 g/mol. The van der Waals surface area contributed by atoms with E-state index >= 15 is 0 Å². The number of rotatable bonds is 2. The van der Waals surface area contributed by atoms with Crippen LogP contribution < -0.4 is 0 Å². The highest BCUT2D eigenvalue weighted by molar-refractivity contribution is 6.07. The summed E-state index contributed by atoms with van der Waals surface area (Å²) in [6.07, 6.45) is 1.61. The summed E-state index contributed by atoms with van der Waals surface area (Å²) in [5.41, 5.74) is 0.947. The molecule has 0 radical (unpaired) electrons. The largest absolute Gasteiger partial charge is 0.465 e. The topological polar surface area (TPSA) is 82.8 Å². The SMILES string of the molecule is COC(=O)c1nn2c(ccc3cccnc32)c1C(=O)OC. The Kier molecular flexibility index (Phi) is 3.02. The number of carbonyl (C=O) groups is 2. The molecule has 0 atom stereocenters. The van der Waals surface area contributed by atoms with Crippen LogP contribution in [0.15, 0.2) is 30.5 Å². The average molecular weight is 285 g/mol. The van der Waals surface area contributed by atoms with E-state index in [-0.39, 0.29) is 11.3 Å². The van der Waals surface area contributed by atoms with E-state index in [0.29, 0.717) is 11.2 Å². The first-order valence-corrected chi connectivity index (χ1v) is 6.10. The van der Waals surface area contributed by atoms with Crippen molar-refractivity contribution in [3.63, 3.8) is 0 Å². The molecule has 0 spiro atoms. The maximum atomic E-state index is 12.0. The second kappa shape index (κ2) is 4.86. The van der Waals surface area contributed by atoms with Gasteiger partial charge in [0.2, 0.25) is 0 Å². The van der Waals surface area contributed by atoms with Crippen LogP contribution in [0.3, 0.4) is 0 Å². The molecule has 0 aliphatic rings. The zero-order valence-electron chi connectivity index (χ0n) is 11.4. The third kappa shape index (κ3) is 1.90. The summed E-state index contributed by atoms with van der Waals surface area (Å²) in [4.78, 5) is 28.0. The minimum Gasteiger partial charge on any atom is -0.465 e. The van der Waals surface area contributed by atoms with Crippen LogP contribution in [0.4, 0.5) is 0 Å². The van der Waals surface area contributed by atoms with Crippen molar-refractivity contribution in [2.75, 3.05) is 14.2 Å². The normalized spacial score (nSPS) is 10.8. The van der Waals surface area contributed by atoms with Crippen LogP contribution in [-0.2, 0) is 9.47 Å². The summed E-state index contributed by atoms with van der Waals surface area (Å²) >= 11 is 0. The lowest BCUT2D eigenvalue weighted by molar-refractivity contribution is 0.0553. The molecule has 21 heavy (non-hydrogen) atoms. The van der Waals surface area contributed by atoms with Crippen LogP contribution in [-0.4, -0.2) is 40.8 Å². The van der Waals surface area contributed by atoms with E-state index in [1.54, 1.807) is 24.4 Å². The molecule has 0 aromatic carbocycles. The van der Waals surface area contributed by atoms with Gasteiger partial charge in [0.25, 0.3) is 0 Å². The van der Waals surface area contributed by atoms with E-state index in [0.717, 1.165) is 5.39 Å². The van der Waals surface area contributed by atoms with Crippen LogP contribution in [0.1, 0.15) is 20.8 Å². The Morgan fingerprint density at radius 1 is 1.10 bits per heavy atom. The van der Waals surface area contributed by atoms with Crippen molar-refractivity contribution >= 4 is 28.5 Å². The first kappa shape index (κ1) is 13.0. The van der Waals surface area contributed by atoms with Crippen LogP contribution >= 0.6 is 0 Å². The van der Waals surface area contributed by atoms with Crippen molar-refractivity contribution in [3.05, 3.63) is 41.7 Å². The van der Waals surface area contributed by atoms with Crippen molar-refractivity contribution in [1.29, 1.82) is 0 Å². The number of nitrogens with zero attached hydrogens (tertiary/aromatic N) is 3. The van der Waals surface area contributed by atoms with E-state index in [2.05, 4.69) is 14.8 Å². The van der Waals surface area contributed by atoms with Crippen molar-refractivity contribution in [2.24, 2.45) is 0 Å². The number of carbonyl (C=O) groups excluding carboxylic acids is 2. The minimum absolute atomic E-state index is 0.0666. The van der Waals surface area contributed by atoms with E-state index in [4.69, 9.17) is 4.74 Å². The number of methoxy groups -OCH3 is 2. The van der Waals surface area contributed by atoms with Gasteiger partial charge in [-0.15, -0.1) is 0 Å². The predicted octanol–water partition coefficient (Wildman–Crippen LogP) is 1.46. The molecule has 3 heterocycles. The molecule has 3 aromatic heterocycles. The second-order valence-electron chi connectivity index (χ2n) is 4.25. The number of esters is 2. The summed E-state index contributed by atoms with van der Waals surface area (Å²) in [5.74, 6) is -1.36. The van der Waals surface area contributed by atoms with Crippen molar-refractivity contribution in [1.82, 2.24) is 14.6 Å². The van der Waals surface area contributed by atoms with E-state index in [1.807, 2.05) is 6.07 Å². The van der Waals surface area contributed by atoms with Crippen LogP contribution in [0.5, 0.6) is 0 Å². The van der Waals surface area contributed by atoms with Crippen molar-refractivity contribution < 1.29 is 19.1 Å². The summed E-state index contributed by atoms with van der Waals surface area (Å²) in [6, 6.07) is 7.14. The zero-order valence-corrected chi connectivity index (χ0v) is 11.4. The lowest BCUT2D eigenvalue weighted by atomic mass is 10.2. The fraction of sp³-hybridized carbons (Fsp3) is 0.143. The van der Waals surface area contributed by atoms with Gasteiger partial charge in [-0.1, -0.05) is 0 Å². The zero-order chi connectivity index (χ0) is 15.0. The maximum absolute atomic E-state index is 12.0. The van der Waals surface area contributed by atoms with Crippen LogP contribution in [0.2, 0.25) is 0 Å². The fourth-order valence-corrected chi connectivity index (χ4v) is 2.17. The van der Waals surface area contributed by atoms with Gasteiger partial charge in [-0.2, -0.15) is 5.10 Å². The molecule has 0 N–H and O–H groups in total. The number of ether oxygens (including phenoxy) is 2. The quantitative estimate of drug-likeness (QED) is 0.663. The molecule has 0 amide bonds. The minimum atomic E-state index is -0.705. The standard InChI is InChI=1S/C14H11N3O4/c1-20-13(18)10-9-6-5-8-4-3-7-15-12(8)17(9)16-11(10)14(19)21-2/h3-7H,1-2H3. The Morgan fingerprint density at radius 3 is 2.57 bits per heavy atom. The van der Waals surface area contributed by atoms with Crippen LogP contribution in [0.25, 0.3) is 16.6 Å². The molecular formula is C14H11N3O4. The molecule has 106 valence electrons. The van der Waals surface area contributed by atoms with Gasteiger partial charge in [0.05, 0.1) is 19.7 Å². The van der Waals surface area contributed by atoms with Gasteiger partial charge in [0, 0.05) is 11.6 Å². The Balaban J connectivity index is 2.43. The van der Waals surface area contributed by atoms with E-state index < -0.39 is 11.9 Å². The fourth-order valence-electron chi connectivity index (χ4n) is 2.17. The molecule has 0 fully saturated rings. The Morgan fingerprint density at radius 2 is 1.86 bits per heavy atom. The van der Waals surface area contributed by atoms with Gasteiger partial charge in [0.1, 0.15) is 5.56 Å². The maximum Gasteiger partial charge on any atom is 0.359 e. The first-order chi connectivity index (χ1) is 10.2. The third-order valence-electron chi connectivity index (χ3n) is 3.13. The molecule has 0 unspecified atom stereocenters. The highest BCUT2D eigenvalue weighted by Gasteiger charge is 2.26. The van der Waals surface area contributed by atoms with Gasteiger partial charge >= 0.3 is 11.9 Å². The van der Waals surface area contributed by atoms with E-state index in [1.165, 1.54) is 18.7 Å². The monoisotopic (exact) mass is 285 g/mol. The molecule has 0 aliphatic heterocycles. The Bertz CT molecular complexity index is 869. The molecule has 3 rings (SSSR count). The number of hydrogen-bond donors (Lipinski definition) is 0. The summed E-state index contributed by atoms with van der Waals surface area (Å²) < 4.78 is 10.8. The molecule has 0 bridgehead atoms. The summed E-state index contributed by atoms with van der Waals surface area (Å²) in [7, 11) is 2.47. The second-order valence-corrected chi connectivity index (χ2v) is 4.25. The Hall–Kier alpha value is -2.96. The van der Waals surface area contributed by atoms with Gasteiger partial charge in [0.15, 0.2) is 11.3 Å². The van der Waals surface area contributed by atoms with Gasteiger partial charge in [-0.25, -0.2) is 19.1 Å². The molecule has 3 aromatic rings. The Labute approximate surface area is 119 Å². The summed E-state index contributed by atoms with van der Waals surface area (Å²) in [6.45, 7) is 0. The smallest absolute Gasteiger partial charge is 0.359 e. The van der Waals surface area contributed by atoms with Gasteiger partial charge in [-0.3, -0.25) is 0 Å². The van der Waals surface area contributed by atoms with Crippen molar-refractivity contribution in [3.8, 4) is 0 Å². The number of aromatic nitrogens is 3. The van der Waals surface area contributed by atoms with Gasteiger partial charge in [-0.05, 0) is 24.3 Å². The first-order valence-electron chi connectivity index (χ1n) is 6.10. The highest BCUT2D eigenvalue weighted by Crippen LogP contribution is 2.22. The lowest BCUT2D eigenvalue weighted by Crippen LogP contribution is -2.10. The molecule has 0 saturated heterocycles. The number of hydrogen-bond acceptors (Lipinski definition) is 6.